The van der Waals surface area contributed by atoms with E-state index in [2.05, 4.69) is 86.6 Å². The zero-order valence-electron chi connectivity index (χ0n) is 21.3. The van der Waals surface area contributed by atoms with Gasteiger partial charge in [-0.1, -0.05) is 86.6 Å². The van der Waals surface area contributed by atoms with Crippen LogP contribution in [0, 0.1) is 12.1 Å². The largest absolute Gasteiger partial charge is 2.00 e. The zero-order chi connectivity index (χ0) is 25.2. The average molecular weight is 670 g/mol. The van der Waals surface area contributed by atoms with Crippen LogP contribution < -0.4 is 0 Å². The first kappa shape index (κ1) is 25.8. The summed E-state index contributed by atoms with van der Waals surface area (Å²) in [5, 5.41) is 0. The van der Waals surface area contributed by atoms with Gasteiger partial charge in [-0.05, 0) is 40.1 Å². The van der Waals surface area contributed by atoms with Gasteiger partial charge in [-0.25, -0.2) is 0 Å². The molecule has 1 aliphatic heterocycles. The maximum Gasteiger partial charge on any atom is 2.00 e. The predicted molar refractivity (Wildman–Crippen MR) is 153 cm³/mol. The van der Waals surface area contributed by atoms with Crippen LogP contribution in [-0.4, -0.2) is 11.4 Å². The van der Waals surface area contributed by atoms with E-state index in [4.69, 9.17) is 9.98 Å². The molecule has 3 heteroatoms. The Morgan fingerprint density at radius 3 is 1.29 bits per heavy atom. The van der Waals surface area contributed by atoms with E-state index in [0.717, 1.165) is 56.2 Å². The van der Waals surface area contributed by atoms with Crippen molar-refractivity contribution < 1.29 is 21.1 Å². The molecule has 0 aliphatic carbocycles. The van der Waals surface area contributed by atoms with Gasteiger partial charge >= 0.3 is 21.1 Å². The molecule has 0 radical (unpaired) electrons. The van der Waals surface area contributed by atoms with Crippen molar-refractivity contribution in [3.8, 4) is 0 Å². The van der Waals surface area contributed by atoms with Crippen LogP contribution in [0.3, 0.4) is 0 Å². The number of hydrogen-bond acceptors (Lipinski definition) is 2. The van der Waals surface area contributed by atoms with Crippen LogP contribution in [0.2, 0.25) is 0 Å². The molecule has 0 N–H and O–H groups in total. The van der Waals surface area contributed by atoms with Crippen molar-refractivity contribution in [2.75, 3.05) is 0 Å². The summed E-state index contributed by atoms with van der Waals surface area (Å²) in [5.74, 6) is 0. The molecule has 4 bridgehead atoms. The molecule has 0 atom stereocenters. The van der Waals surface area contributed by atoms with E-state index >= 15 is 0 Å². The fourth-order valence-corrected chi connectivity index (χ4v) is 4.74. The summed E-state index contributed by atoms with van der Waals surface area (Å²) in [6.45, 7) is 4.45. The predicted octanol–water partition coefficient (Wildman–Crippen LogP) is 8.26. The summed E-state index contributed by atoms with van der Waals surface area (Å²) in [6, 6.07) is 48.8. The minimum absolute atomic E-state index is 0. The maximum absolute atomic E-state index is 5.23. The van der Waals surface area contributed by atoms with Crippen LogP contribution in [0.25, 0.3) is 0 Å². The molecular weight excluding hydrogens is 643 g/mol. The van der Waals surface area contributed by atoms with Crippen LogP contribution in [0.15, 0.2) is 131 Å². The maximum atomic E-state index is 5.23. The second-order valence-corrected chi connectivity index (χ2v) is 9.72. The number of aliphatic imine (C=N–C) groups is 2. The van der Waals surface area contributed by atoms with Crippen molar-refractivity contribution in [2.24, 2.45) is 9.98 Å². The molecule has 5 aromatic carbocycles. The van der Waals surface area contributed by atoms with Crippen LogP contribution in [0.1, 0.15) is 47.2 Å². The fraction of sp³-hybridized carbons (Fsp3) is 0.0857. The summed E-state index contributed by atoms with van der Waals surface area (Å²) >= 11 is 0. The first-order valence-electron chi connectivity index (χ1n) is 12.5. The van der Waals surface area contributed by atoms with Gasteiger partial charge in [0.2, 0.25) is 0 Å². The third-order valence-corrected chi connectivity index (χ3v) is 6.89. The smallest absolute Gasteiger partial charge is 0.294 e. The molecule has 2 nitrogen and oxygen atoms in total. The third-order valence-electron chi connectivity index (χ3n) is 6.89. The van der Waals surface area contributed by atoms with Crippen molar-refractivity contribution >= 4 is 22.8 Å². The molecule has 0 unspecified atom stereocenters. The Hall–Kier alpha value is -3.87. The van der Waals surface area contributed by atoms with Crippen LogP contribution in [-0.2, 0) is 26.5 Å². The summed E-state index contributed by atoms with van der Waals surface area (Å²) < 4.78 is 0. The Labute approximate surface area is 239 Å². The van der Waals surface area contributed by atoms with Gasteiger partial charge in [0.25, 0.3) is 0 Å². The standard InChI is InChI=1S/C35H26N2.Pt/c1-35(2)29-19-11-17-27(23-29)33(25-13-5-3-6-14-25)36-31-21-9-10-22-32(31)37-34(26-15-7-4-8-16-26)28-18-12-20-30(35)24-28;/h3-22H,1-2H3;/q-2;+2. The van der Waals surface area contributed by atoms with E-state index in [9.17, 15) is 0 Å². The molecule has 5 aromatic rings. The topological polar surface area (TPSA) is 24.7 Å². The molecule has 186 valence electrons. The third kappa shape index (κ3) is 4.97. The Bertz CT molecular complexity index is 1510. The Balaban J connectivity index is 0.00000294. The van der Waals surface area contributed by atoms with Gasteiger partial charge in [0, 0.05) is 0 Å². The summed E-state index contributed by atoms with van der Waals surface area (Å²) in [6.07, 6.45) is 0. The molecule has 0 fully saturated rings. The van der Waals surface area contributed by atoms with Gasteiger partial charge in [-0.15, -0.1) is 70.8 Å². The molecule has 0 amide bonds. The van der Waals surface area contributed by atoms with Gasteiger partial charge in [0.15, 0.2) is 0 Å². The number of fused-ring (bicyclic) bond motifs is 5. The van der Waals surface area contributed by atoms with E-state index in [1.54, 1.807) is 0 Å². The summed E-state index contributed by atoms with van der Waals surface area (Å²) in [7, 11) is 0. The zero-order valence-corrected chi connectivity index (χ0v) is 23.5. The van der Waals surface area contributed by atoms with E-state index in [0.29, 0.717) is 0 Å². The first-order valence-corrected chi connectivity index (χ1v) is 12.5. The normalized spacial score (nSPS) is 13.8. The van der Waals surface area contributed by atoms with E-state index in [1.165, 1.54) is 0 Å². The molecule has 1 aliphatic rings. The molecule has 1 heterocycles. The molecule has 38 heavy (non-hydrogen) atoms. The van der Waals surface area contributed by atoms with Crippen molar-refractivity contribution in [1.29, 1.82) is 0 Å². The fourth-order valence-electron chi connectivity index (χ4n) is 4.74. The van der Waals surface area contributed by atoms with Crippen LogP contribution in [0.4, 0.5) is 11.4 Å². The number of para-hydroxylation sites is 2. The monoisotopic (exact) mass is 669 g/mol. The Morgan fingerprint density at radius 1 is 0.474 bits per heavy atom. The van der Waals surface area contributed by atoms with Gasteiger partial charge in [-0.3, -0.25) is 9.98 Å². The van der Waals surface area contributed by atoms with Gasteiger partial charge < -0.3 is 0 Å². The van der Waals surface area contributed by atoms with Crippen molar-refractivity contribution in [3.63, 3.8) is 0 Å². The number of hydrogen-bond donors (Lipinski definition) is 0. The van der Waals surface area contributed by atoms with E-state index < -0.39 is 0 Å². The van der Waals surface area contributed by atoms with Gasteiger partial charge in [0.1, 0.15) is 0 Å². The molecule has 0 spiro atoms. The van der Waals surface area contributed by atoms with Crippen LogP contribution in [0.5, 0.6) is 0 Å². The van der Waals surface area contributed by atoms with E-state index in [1.807, 2.05) is 60.7 Å². The van der Waals surface area contributed by atoms with Gasteiger partial charge in [-0.2, -0.15) is 0 Å². The summed E-state index contributed by atoms with van der Waals surface area (Å²) in [5.41, 5.74) is 9.21. The first-order chi connectivity index (χ1) is 18.1. The SMILES string of the molecule is CC1(C)c2[c-]c(ccc2)C(c2ccccc2)=Nc2ccccc2N=C(c2ccccc2)c2[c-]c1ccc2.[Pt+2]. The minimum atomic E-state index is -0.323. The Kier molecular flexibility index (Phi) is 7.36. The second-order valence-electron chi connectivity index (χ2n) is 9.72. The van der Waals surface area contributed by atoms with Crippen LogP contribution >= 0.6 is 0 Å². The molecular formula is C35H26N2Pt. The van der Waals surface area contributed by atoms with Gasteiger partial charge in [0.05, 0.1) is 11.4 Å². The Morgan fingerprint density at radius 2 is 0.868 bits per heavy atom. The molecule has 0 aromatic heterocycles. The van der Waals surface area contributed by atoms with Crippen molar-refractivity contribution in [2.45, 2.75) is 19.3 Å². The number of benzene rings is 5. The second kappa shape index (κ2) is 10.9. The van der Waals surface area contributed by atoms with Crippen molar-refractivity contribution in [3.05, 3.63) is 167 Å². The summed E-state index contributed by atoms with van der Waals surface area (Å²) in [4.78, 5) is 10.5. The number of nitrogens with zero attached hydrogens (tertiary/aromatic N) is 2. The molecule has 0 saturated carbocycles. The number of rotatable bonds is 2. The minimum Gasteiger partial charge on any atom is -0.294 e. The average Bonchev–Trinajstić information content (AvgIpc) is 2.96. The quantitative estimate of drug-likeness (QED) is 0.169. The van der Waals surface area contributed by atoms with Crippen molar-refractivity contribution in [1.82, 2.24) is 0 Å². The molecule has 6 rings (SSSR count). The molecule has 0 saturated heterocycles. The van der Waals surface area contributed by atoms with E-state index in [-0.39, 0.29) is 26.5 Å².